The van der Waals surface area contributed by atoms with Crippen LogP contribution in [0.2, 0.25) is 0 Å². The molecule has 1 fully saturated rings. The fraction of sp³-hybridized carbons (Fsp3) is 0.562. The van der Waals surface area contributed by atoms with E-state index in [1.807, 2.05) is 6.07 Å². The highest BCUT2D eigenvalue weighted by atomic mass is 32.2. The van der Waals surface area contributed by atoms with Crippen molar-refractivity contribution >= 4 is 23.2 Å². The van der Waals surface area contributed by atoms with Crippen LogP contribution in [0.3, 0.4) is 0 Å². The molecule has 5 heteroatoms. The number of nitrogens with zero attached hydrogens (tertiary/aromatic N) is 3. The molecular weight excluding hydrogens is 280 g/mol. The van der Waals surface area contributed by atoms with Crippen LogP contribution in [0, 0.1) is 0 Å². The lowest BCUT2D eigenvalue weighted by Crippen LogP contribution is -2.45. The van der Waals surface area contributed by atoms with E-state index in [9.17, 15) is 0 Å². The molecule has 2 aromatic rings. The van der Waals surface area contributed by atoms with Gasteiger partial charge in [-0.05, 0) is 26.0 Å². The Bertz CT molecular complexity index is 622. The van der Waals surface area contributed by atoms with Gasteiger partial charge >= 0.3 is 0 Å². The van der Waals surface area contributed by atoms with Gasteiger partial charge in [0.05, 0.1) is 5.69 Å². The summed E-state index contributed by atoms with van der Waals surface area (Å²) >= 11 is 2.05. The molecule has 0 amide bonds. The van der Waals surface area contributed by atoms with Gasteiger partial charge in [0, 0.05) is 42.2 Å². The number of nitrogens with two attached hydrogens (primary N) is 1. The van der Waals surface area contributed by atoms with Crippen LogP contribution in [-0.4, -0.2) is 39.0 Å². The number of aromatic nitrogens is 2. The van der Waals surface area contributed by atoms with E-state index < -0.39 is 0 Å². The Morgan fingerprint density at radius 2 is 2.24 bits per heavy atom. The highest BCUT2D eigenvalue weighted by Gasteiger charge is 2.29. The van der Waals surface area contributed by atoms with E-state index in [4.69, 9.17) is 10.7 Å². The van der Waals surface area contributed by atoms with Crippen molar-refractivity contribution in [3.63, 3.8) is 0 Å². The molecule has 0 spiro atoms. The van der Waals surface area contributed by atoms with Crippen molar-refractivity contribution < 1.29 is 0 Å². The van der Waals surface area contributed by atoms with E-state index in [1.165, 1.54) is 5.69 Å². The predicted molar refractivity (Wildman–Crippen MR) is 91.3 cm³/mol. The quantitative estimate of drug-likeness (QED) is 0.946. The normalized spacial score (nSPS) is 24.5. The van der Waals surface area contributed by atoms with Gasteiger partial charge in [-0.3, -0.25) is 0 Å². The Kier molecular flexibility index (Phi) is 4.13. The Labute approximate surface area is 130 Å². The zero-order valence-electron chi connectivity index (χ0n) is 13.0. The molecule has 21 heavy (non-hydrogen) atoms. The lowest BCUT2D eigenvalue weighted by molar-refractivity contribution is 0.614. The molecule has 114 valence electrons. The van der Waals surface area contributed by atoms with Crippen LogP contribution in [0.5, 0.6) is 0 Å². The number of hydrogen-bond acceptors (Lipinski definition) is 4. The van der Waals surface area contributed by atoms with E-state index in [1.54, 1.807) is 0 Å². The lowest BCUT2D eigenvalue weighted by atomic mass is 10.1. The molecule has 0 bridgehead atoms. The van der Waals surface area contributed by atoms with Gasteiger partial charge in [0.15, 0.2) is 5.82 Å². The Hall–Kier alpha value is -1.20. The van der Waals surface area contributed by atoms with Crippen molar-refractivity contribution in [3.8, 4) is 0 Å². The summed E-state index contributed by atoms with van der Waals surface area (Å²) in [5.74, 6) is 2.29. The average molecular weight is 304 g/mol. The van der Waals surface area contributed by atoms with Crippen molar-refractivity contribution in [1.29, 1.82) is 0 Å². The molecule has 3 heterocycles. The molecule has 0 saturated carbocycles. The predicted octanol–water partition coefficient (Wildman–Crippen LogP) is 2.55. The van der Waals surface area contributed by atoms with E-state index >= 15 is 0 Å². The van der Waals surface area contributed by atoms with E-state index in [0.717, 1.165) is 30.2 Å². The molecule has 1 aliphatic heterocycles. The maximum atomic E-state index is 6.07. The van der Waals surface area contributed by atoms with Crippen molar-refractivity contribution in [2.75, 3.05) is 17.2 Å². The molecule has 2 aromatic heterocycles. The topological polar surface area (TPSA) is 46.6 Å². The van der Waals surface area contributed by atoms with Crippen LogP contribution in [0.15, 0.2) is 24.4 Å². The maximum Gasteiger partial charge on any atom is 0.151 e. The number of hydrogen-bond donors (Lipinski definition) is 1. The summed E-state index contributed by atoms with van der Waals surface area (Å²) in [4.78, 5) is 7.36. The van der Waals surface area contributed by atoms with Crippen molar-refractivity contribution in [2.24, 2.45) is 5.73 Å². The fourth-order valence-corrected chi connectivity index (χ4v) is 4.09. The van der Waals surface area contributed by atoms with E-state index in [0.29, 0.717) is 11.3 Å². The molecule has 1 saturated heterocycles. The first-order chi connectivity index (χ1) is 10.1. The highest BCUT2D eigenvalue weighted by molar-refractivity contribution is 8.00. The third-order valence-corrected chi connectivity index (χ3v) is 5.62. The lowest BCUT2D eigenvalue weighted by Gasteiger charge is -2.38. The summed E-state index contributed by atoms with van der Waals surface area (Å²) in [5, 5.41) is 0.631. The minimum Gasteiger partial charge on any atom is -0.350 e. The molecule has 3 rings (SSSR count). The van der Waals surface area contributed by atoms with Crippen molar-refractivity contribution in [3.05, 3.63) is 30.1 Å². The molecule has 2 N–H and O–H groups in total. The molecular formula is C16H24N4S. The Morgan fingerprint density at radius 3 is 3.00 bits per heavy atom. The summed E-state index contributed by atoms with van der Waals surface area (Å²) in [6, 6.07) is 6.80. The minimum atomic E-state index is 0.135. The van der Waals surface area contributed by atoms with Crippen LogP contribution in [0.1, 0.15) is 26.5 Å². The van der Waals surface area contributed by atoms with Gasteiger partial charge < -0.3 is 15.0 Å². The van der Waals surface area contributed by atoms with Gasteiger partial charge in [-0.1, -0.05) is 13.0 Å². The van der Waals surface area contributed by atoms with Gasteiger partial charge in [0.25, 0.3) is 0 Å². The SMILES string of the molecule is CC(N)Cc1c(N2CCSC(C)C2C)nc2ccccn12. The summed E-state index contributed by atoms with van der Waals surface area (Å²) in [6.07, 6.45) is 2.95. The van der Waals surface area contributed by atoms with Gasteiger partial charge in [-0.15, -0.1) is 0 Å². The Balaban J connectivity index is 2.08. The maximum absolute atomic E-state index is 6.07. The first-order valence-electron chi connectivity index (χ1n) is 7.67. The van der Waals surface area contributed by atoms with E-state index in [2.05, 4.69) is 60.2 Å². The number of pyridine rings is 1. The number of thioether (sulfide) groups is 1. The summed E-state index contributed by atoms with van der Waals surface area (Å²) in [5.41, 5.74) is 8.33. The standard InChI is InChI=1S/C16H24N4S/c1-11(17)10-14-16(18-15-6-4-5-7-20(14)15)19-8-9-21-13(3)12(19)2/h4-7,11-13H,8-10,17H2,1-3H3. The second-order valence-corrected chi connectivity index (χ2v) is 7.49. The van der Waals surface area contributed by atoms with Gasteiger partial charge in [-0.25, -0.2) is 4.98 Å². The monoisotopic (exact) mass is 304 g/mol. The third-order valence-electron chi connectivity index (χ3n) is 4.28. The minimum absolute atomic E-state index is 0.135. The molecule has 0 aliphatic carbocycles. The number of imidazole rings is 1. The van der Waals surface area contributed by atoms with Gasteiger partial charge in [0.2, 0.25) is 0 Å². The molecule has 0 aromatic carbocycles. The van der Waals surface area contributed by atoms with Crippen LogP contribution in [0.25, 0.3) is 5.65 Å². The Morgan fingerprint density at radius 1 is 1.43 bits per heavy atom. The van der Waals surface area contributed by atoms with E-state index in [-0.39, 0.29) is 6.04 Å². The summed E-state index contributed by atoms with van der Waals surface area (Å²) in [6.45, 7) is 7.73. The second kappa shape index (κ2) is 5.89. The first kappa shape index (κ1) is 14.7. The second-order valence-electron chi connectivity index (χ2n) is 6.00. The van der Waals surface area contributed by atoms with Gasteiger partial charge in [-0.2, -0.15) is 11.8 Å². The fourth-order valence-electron chi connectivity index (χ4n) is 2.99. The van der Waals surface area contributed by atoms with Crippen molar-refractivity contribution in [1.82, 2.24) is 9.38 Å². The van der Waals surface area contributed by atoms with Crippen LogP contribution < -0.4 is 10.6 Å². The zero-order valence-corrected chi connectivity index (χ0v) is 13.8. The molecule has 0 radical (unpaired) electrons. The number of fused-ring (bicyclic) bond motifs is 1. The molecule has 3 atom stereocenters. The largest absolute Gasteiger partial charge is 0.350 e. The third kappa shape index (κ3) is 2.77. The van der Waals surface area contributed by atoms with Crippen LogP contribution in [-0.2, 0) is 6.42 Å². The van der Waals surface area contributed by atoms with Crippen LogP contribution >= 0.6 is 11.8 Å². The average Bonchev–Trinajstić information content (AvgIpc) is 2.80. The zero-order chi connectivity index (χ0) is 15.0. The van der Waals surface area contributed by atoms with Gasteiger partial charge in [0.1, 0.15) is 5.65 Å². The highest BCUT2D eigenvalue weighted by Crippen LogP contribution is 2.31. The molecule has 1 aliphatic rings. The summed E-state index contributed by atoms with van der Waals surface area (Å²) < 4.78 is 2.19. The molecule has 4 nitrogen and oxygen atoms in total. The van der Waals surface area contributed by atoms with Crippen molar-refractivity contribution in [2.45, 2.75) is 44.5 Å². The number of anilines is 1. The first-order valence-corrected chi connectivity index (χ1v) is 8.72. The van der Waals surface area contributed by atoms with Crippen LogP contribution in [0.4, 0.5) is 5.82 Å². The summed E-state index contributed by atoms with van der Waals surface area (Å²) in [7, 11) is 0. The molecule has 3 unspecified atom stereocenters. The smallest absolute Gasteiger partial charge is 0.151 e. The number of rotatable bonds is 3.